The summed E-state index contributed by atoms with van der Waals surface area (Å²) in [4.78, 5) is 0. The third-order valence-corrected chi connectivity index (χ3v) is 5.67. The number of benzene rings is 1. The van der Waals surface area contributed by atoms with Crippen molar-refractivity contribution in [2.24, 2.45) is 0 Å². The van der Waals surface area contributed by atoms with Gasteiger partial charge in [-0.2, -0.15) is 0 Å². The number of alkyl halides is 2. The first-order valence-electron chi connectivity index (χ1n) is 6.11. The summed E-state index contributed by atoms with van der Waals surface area (Å²) in [6.07, 6.45) is -3.42. The van der Waals surface area contributed by atoms with E-state index in [0.29, 0.717) is 5.56 Å². The Balaban J connectivity index is 2.11. The second kappa shape index (κ2) is 4.58. The van der Waals surface area contributed by atoms with Crippen molar-refractivity contribution >= 4 is 9.84 Å². The molecule has 1 aromatic rings. The summed E-state index contributed by atoms with van der Waals surface area (Å²) in [5.41, 5.74) is 0.609. The number of ether oxygens (including phenoxy) is 2. The largest absolute Gasteiger partial charge is 0.586 e. The second-order valence-corrected chi connectivity index (χ2v) is 8.49. The molecule has 0 spiro atoms. The molecular weight excluding hydrogens is 290 g/mol. The molecule has 0 amide bonds. The van der Waals surface area contributed by atoms with E-state index in [4.69, 9.17) is 0 Å². The summed E-state index contributed by atoms with van der Waals surface area (Å²) in [5.74, 6) is -0.162. The van der Waals surface area contributed by atoms with Crippen LogP contribution in [0.25, 0.3) is 0 Å². The molecule has 1 aromatic carbocycles. The quantitative estimate of drug-likeness (QED) is 0.861. The molecule has 7 heteroatoms. The third-order valence-electron chi connectivity index (χ3n) is 3.06. The highest BCUT2D eigenvalue weighted by atomic mass is 32.2. The highest BCUT2D eigenvalue weighted by molar-refractivity contribution is 7.92. The molecule has 0 unspecified atom stereocenters. The monoisotopic (exact) mass is 306 g/mol. The number of rotatable bonds is 3. The van der Waals surface area contributed by atoms with Crippen LogP contribution in [0, 0.1) is 0 Å². The first-order valence-corrected chi connectivity index (χ1v) is 7.76. The van der Waals surface area contributed by atoms with Crippen molar-refractivity contribution in [2.75, 3.05) is 5.75 Å². The fourth-order valence-electron chi connectivity index (χ4n) is 1.71. The third kappa shape index (κ3) is 3.03. The lowest BCUT2D eigenvalue weighted by atomic mass is 10.1. The van der Waals surface area contributed by atoms with Gasteiger partial charge in [0.2, 0.25) is 0 Å². The molecule has 0 radical (unpaired) electrons. The predicted molar refractivity (Wildman–Crippen MR) is 69.9 cm³/mol. The minimum absolute atomic E-state index is 0.0440. The average molecular weight is 306 g/mol. The van der Waals surface area contributed by atoms with Crippen LogP contribution in [0.5, 0.6) is 11.5 Å². The fraction of sp³-hybridized carbons (Fsp3) is 0.538. The van der Waals surface area contributed by atoms with Crippen LogP contribution in [0.15, 0.2) is 18.2 Å². The van der Waals surface area contributed by atoms with Crippen molar-refractivity contribution in [2.45, 2.75) is 38.2 Å². The SMILES string of the molecule is CC(C)(C)S(=O)(=O)CCc1ccc2c(c1)OC(F)(F)O2. The molecule has 112 valence electrons. The maximum absolute atomic E-state index is 12.9. The molecule has 2 rings (SSSR count). The summed E-state index contributed by atoms with van der Waals surface area (Å²) >= 11 is 0. The Bertz CT molecular complexity index is 618. The molecular formula is C13H16F2O4S. The molecule has 0 bridgehead atoms. The molecule has 0 atom stereocenters. The minimum atomic E-state index is -3.65. The van der Waals surface area contributed by atoms with E-state index in [2.05, 4.69) is 9.47 Å². The highest BCUT2D eigenvalue weighted by Gasteiger charge is 2.43. The van der Waals surface area contributed by atoms with Crippen molar-refractivity contribution in [1.29, 1.82) is 0 Å². The molecule has 1 aliphatic heterocycles. The summed E-state index contributed by atoms with van der Waals surface area (Å²) < 4.78 is 57.5. The van der Waals surface area contributed by atoms with E-state index in [0.717, 1.165) is 0 Å². The van der Waals surface area contributed by atoms with Gasteiger partial charge in [-0.05, 0) is 44.9 Å². The Morgan fingerprint density at radius 3 is 2.35 bits per heavy atom. The van der Waals surface area contributed by atoms with E-state index in [9.17, 15) is 17.2 Å². The van der Waals surface area contributed by atoms with Gasteiger partial charge in [-0.1, -0.05) is 6.07 Å². The lowest BCUT2D eigenvalue weighted by Gasteiger charge is -2.19. The summed E-state index contributed by atoms with van der Waals surface area (Å²) in [6, 6.07) is 4.30. The van der Waals surface area contributed by atoms with Gasteiger partial charge in [0.05, 0.1) is 10.5 Å². The summed E-state index contributed by atoms with van der Waals surface area (Å²) in [7, 11) is -3.25. The minimum Gasteiger partial charge on any atom is -0.395 e. The molecule has 4 nitrogen and oxygen atoms in total. The van der Waals surface area contributed by atoms with Gasteiger partial charge in [0.1, 0.15) is 0 Å². The molecule has 0 saturated carbocycles. The Kier molecular flexibility index (Phi) is 3.44. The van der Waals surface area contributed by atoms with Gasteiger partial charge in [-0.15, -0.1) is 8.78 Å². The van der Waals surface area contributed by atoms with Crippen LogP contribution < -0.4 is 9.47 Å². The van der Waals surface area contributed by atoms with E-state index in [1.807, 2.05) is 0 Å². The number of fused-ring (bicyclic) bond motifs is 1. The van der Waals surface area contributed by atoms with Crippen LogP contribution in [0.2, 0.25) is 0 Å². The number of halogens is 2. The molecule has 0 aromatic heterocycles. The normalized spacial score (nSPS) is 17.2. The van der Waals surface area contributed by atoms with E-state index in [1.54, 1.807) is 26.8 Å². The molecule has 0 N–H and O–H groups in total. The van der Waals surface area contributed by atoms with E-state index in [1.165, 1.54) is 12.1 Å². The van der Waals surface area contributed by atoms with Crippen LogP contribution >= 0.6 is 0 Å². The Labute approximate surface area is 116 Å². The van der Waals surface area contributed by atoms with Gasteiger partial charge in [0.15, 0.2) is 21.3 Å². The zero-order valence-electron chi connectivity index (χ0n) is 11.4. The number of hydrogen-bond donors (Lipinski definition) is 0. The number of hydrogen-bond acceptors (Lipinski definition) is 4. The average Bonchev–Trinajstić information content (AvgIpc) is 2.57. The number of aryl methyl sites for hydroxylation is 1. The van der Waals surface area contributed by atoms with E-state index >= 15 is 0 Å². The topological polar surface area (TPSA) is 52.6 Å². The highest BCUT2D eigenvalue weighted by Crippen LogP contribution is 2.41. The van der Waals surface area contributed by atoms with Crippen LogP contribution in [0.1, 0.15) is 26.3 Å². The van der Waals surface area contributed by atoms with Crippen molar-refractivity contribution in [3.63, 3.8) is 0 Å². The first kappa shape index (κ1) is 15.0. The molecule has 0 aliphatic carbocycles. The van der Waals surface area contributed by atoms with Gasteiger partial charge < -0.3 is 9.47 Å². The van der Waals surface area contributed by atoms with Gasteiger partial charge in [0, 0.05) is 0 Å². The van der Waals surface area contributed by atoms with Crippen molar-refractivity contribution in [3.8, 4) is 11.5 Å². The summed E-state index contributed by atoms with van der Waals surface area (Å²) in [5, 5.41) is 0. The lowest BCUT2D eigenvalue weighted by molar-refractivity contribution is -0.286. The summed E-state index contributed by atoms with van der Waals surface area (Å²) in [6.45, 7) is 4.88. The van der Waals surface area contributed by atoms with Gasteiger partial charge in [0.25, 0.3) is 0 Å². The van der Waals surface area contributed by atoms with Gasteiger partial charge >= 0.3 is 6.29 Å². The predicted octanol–water partition coefficient (Wildman–Crippen LogP) is 2.76. The van der Waals surface area contributed by atoms with Gasteiger partial charge in [-0.3, -0.25) is 0 Å². The molecule has 1 heterocycles. The van der Waals surface area contributed by atoms with Crippen LogP contribution in [-0.4, -0.2) is 25.2 Å². The van der Waals surface area contributed by atoms with E-state index in [-0.39, 0.29) is 23.7 Å². The fourth-order valence-corrected chi connectivity index (χ4v) is 2.82. The Morgan fingerprint density at radius 1 is 1.15 bits per heavy atom. The van der Waals surface area contributed by atoms with Crippen molar-refractivity contribution in [1.82, 2.24) is 0 Å². The smallest absolute Gasteiger partial charge is 0.395 e. The molecule has 0 saturated heterocycles. The van der Waals surface area contributed by atoms with Crippen LogP contribution in [0.3, 0.4) is 0 Å². The zero-order valence-corrected chi connectivity index (χ0v) is 12.3. The van der Waals surface area contributed by atoms with E-state index < -0.39 is 20.9 Å². The Hall–Kier alpha value is -1.37. The lowest BCUT2D eigenvalue weighted by Crippen LogP contribution is -2.31. The van der Waals surface area contributed by atoms with Crippen LogP contribution in [0.4, 0.5) is 8.78 Å². The molecule has 20 heavy (non-hydrogen) atoms. The van der Waals surface area contributed by atoms with Gasteiger partial charge in [-0.25, -0.2) is 8.42 Å². The standard InChI is InChI=1S/C13H16F2O4S/c1-12(2,3)20(16,17)7-6-9-4-5-10-11(8-9)19-13(14,15)18-10/h4-5,8H,6-7H2,1-3H3. The van der Waals surface area contributed by atoms with Crippen molar-refractivity contribution in [3.05, 3.63) is 23.8 Å². The van der Waals surface area contributed by atoms with Crippen LogP contribution in [-0.2, 0) is 16.3 Å². The Morgan fingerprint density at radius 2 is 1.75 bits per heavy atom. The zero-order chi connectivity index (χ0) is 15.2. The first-order chi connectivity index (χ1) is 9.00. The molecule has 1 aliphatic rings. The maximum atomic E-state index is 12.9. The second-order valence-electron chi connectivity index (χ2n) is 5.63. The molecule has 0 fully saturated rings. The van der Waals surface area contributed by atoms with Crippen molar-refractivity contribution < 1.29 is 26.7 Å². The maximum Gasteiger partial charge on any atom is 0.586 e. The number of sulfone groups is 1.